The Kier molecular flexibility index (Phi) is 8.84. The van der Waals surface area contributed by atoms with Gasteiger partial charge < -0.3 is 20.1 Å². The van der Waals surface area contributed by atoms with Crippen LogP contribution in [0.3, 0.4) is 0 Å². The lowest BCUT2D eigenvalue weighted by molar-refractivity contribution is 0.191. The number of hydrogen-bond donors (Lipinski definition) is 1. The molecule has 1 rings (SSSR count). The zero-order valence-electron chi connectivity index (χ0n) is 13.7. The number of nitrogens with zero attached hydrogens (tertiary/aromatic N) is 2. The number of anilines is 1. The summed E-state index contributed by atoms with van der Waals surface area (Å²) in [5, 5.41) is 1.05. The molecule has 0 aliphatic rings. The normalized spacial score (nSPS) is 12.6. The number of thiazole rings is 1. The largest absolute Gasteiger partial charge is 0.385 e. The standard InChI is InChI=1S/C15H29N3O2S/c1-5-12(2)14-13(11-16)21-15(17-14)18(8-10-20-4)7-6-9-19-3/h12H,5-11,16H2,1-4H3. The first-order valence-corrected chi connectivity index (χ1v) is 8.42. The molecule has 1 unspecified atom stereocenters. The first kappa shape index (κ1) is 18.4. The summed E-state index contributed by atoms with van der Waals surface area (Å²) in [7, 11) is 3.46. The van der Waals surface area contributed by atoms with Gasteiger partial charge in [-0.15, -0.1) is 11.3 Å². The van der Waals surface area contributed by atoms with Crippen LogP contribution in [-0.4, -0.2) is 45.5 Å². The van der Waals surface area contributed by atoms with Crippen molar-refractivity contribution in [1.82, 2.24) is 4.98 Å². The molecule has 1 heterocycles. The van der Waals surface area contributed by atoms with Crippen LogP contribution in [-0.2, 0) is 16.0 Å². The van der Waals surface area contributed by atoms with Gasteiger partial charge in [-0.25, -0.2) is 4.98 Å². The predicted molar refractivity (Wildman–Crippen MR) is 89.3 cm³/mol. The van der Waals surface area contributed by atoms with E-state index in [1.54, 1.807) is 25.6 Å². The van der Waals surface area contributed by atoms with Gasteiger partial charge in [-0.1, -0.05) is 13.8 Å². The average molecular weight is 315 g/mol. The molecule has 5 nitrogen and oxygen atoms in total. The quantitative estimate of drug-likeness (QED) is 0.636. The Labute approximate surface area is 132 Å². The third kappa shape index (κ3) is 5.54. The van der Waals surface area contributed by atoms with E-state index in [1.807, 2.05) is 0 Å². The lowest BCUT2D eigenvalue weighted by Crippen LogP contribution is -2.29. The Hall–Kier alpha value is -0.690. The highest BCUT2D eigenvalue weighted by Crippen LogP contribution is 2.32. The molecular weight excluding hydrogens is 286 g/mol. The summed E-state index contributed by atoms with van der Waals surface area (Å²) in [5.74, 6) is 0.455. The molecule has 0 aliphatic heterocycles. The fourth-order valence-electron chi connectivity index (χ4n) is 2.11. The molecule has 0 radical (unpaired) electrons. The first-order valence-electron chi connectivity index (χ1n) is 7.60. The second kappa shape index (κ2) is 10.1. The molecule has 0 aromatic carbocycles. The molecule has 21 heavy (non-hydrogen) atoms. The van der Waals surface area contributed by atoms with Crippen molar-refractivity contribution >= 4 is 16.5 Å². The highest BCUT2D eigenvalue weighted by atomic mass is 32.1. The zero-order chi connectivity index (χ0) is 15.7. The predicted octanol–water partition coefficient (Wildman–Crippen LogP) is 2.60. The molecule has 0 amide bonds. The molecule has 0 fully saturated rings. The van der Waals surface area contributed by atoms with Gasteiger partial charge in [0.15, 0.2) is 5.13 Å². The molecule has 0 bridgehead atoms. The molecule has 2 N–H and O–H groups in total. The lowest BCUT2D eigenvalue weighted by atomic mass is 10.0. The van der Waals surface area contributed by atoms with E-state index in [4.69, 9.17) is 20.2 Å². The fourth-order valence-corrected chi connectivity index (χ4v) is 3.23. The van der Waals surface area contributed by atoms with Crippen molar-refractivity contribution in [2.45, 2.75) is 39.2 Å². The molecule has 0 saturated heterocycles. The minimum absolute atomic E-state index is 0.455. The van der Waals surface area contributed by atoms with Crippen LogP contribution in [0.1, 0.15) is 43.2 Å². The van der Waals surface area contributed by atoms with E-state index in [9.17, 15) is 0 Å². The molecule has 0 spiro atoms. The maximum atomic E-state index is 5.89. The van der Waals surface area contributed by atoms with Crippen molar-refractivity contribution < 1.29 is 9.47 Å². The number of hydrogen-bond acceptors (Lipinski definition) is 6. The lowest BCUT2D eigenvalue weighted by Gasteiger charge is -2.21. The number of methoxy groups -OCH3 is 2. The van der Waals surface area contributed by atoms with Crippen LogP contribution >= 0.6 is 11.3 Å². The molecule has 122 valence electrons. The van der Waals surface area contributed by atoms with Crippen molar-refractivity contribution in [3.05, 3.63) is 10.6 Å². The van der Waals surface area contributed by atoms with Gasteiger partial charge in [-0.2, -0.15) is 0 Å². The van der Waals surface area contributed by atoms with Crippen LogP contribution in [0.5, 0.6) is 0 Å². The minimum atomic E-state index is 0.455. The third-order valence-corrected chi connectivity index (χ3v) is 4.75. The van der Waals surface area contributed by atoms with Crippen LogP contribution in [0.25, 0.3) is 0 Å². The van der Waals surface area contributed by atoms with E-state index < -0.39 is 0 Å². The summed E-state index contributed by atoms with van der Waals surface area (Å²) in [6.07, 6.45) is 2.06. The Morgan fingerprint density at radius 3 is 2.52 bits per heavy atom. The monoisotopic (exact) mass is 315 g/mol. The van der Waals surface area contributed by atoms with E-state index in [0.717, 1.165) is 43.4 Å². The van der Waals surface area contributed by atoms with E-state index in [0.29, 0.717) is 19.1 Å². The molecule has 0 aliphatic carbocycles. The summed E-state index contributed by atoms with van der Waals surface area (Å²) >= 11 is 1.71. The van der Waals surface area contributed by atoms with Crippen molar-refractivity contribution in [2.24, 2.45) is 5.73 Å². The molecule has 1 aromatic rings. The second-order valence-electron chi connectivity index (χ2n) is 5.14. The van der Waals surface area contributed by atoms with E-state index >= 15 is 0 Å². The molecule has 0 saturated carbocycles. The molecule has 1 aromatic heterocycles. The summed E-state index contributed by atoms with van der Waals surface area (Å²) in [6.45, 7) is 8.19. The summed E-state index contributed by atoms with van der Waals surface area (Å²) in [5.41, 5.74) is 7.05. The molecule has 1 atom stereocenters. The van der Waals surface area contributed by atoms with E-state index in [-0.39, 0.29) is 0 Å². The van der Waals surface area contributed by atoms with Crippen LogP contribution in [0.2, 0.25) is 0 Å². The zero-order valence-corrected chi connectivity index (χ0v) is 14.5. The maximum Gasteiger partial charge on any atom is 0.185 e. The Bertz CT molecular complexity index is 398. The fraction of sp³-hybridized carbons (Fsp3) is 0.800. The van der Waals surface area contributed by atoms with Crippen molar-refractivity contribution in [1.29, 1.82) is 0 Å². The number of rotatable bonds is 11. The molecule has 6 heteroatoms. The average Bonchev–Trinajstić information content (AvgIpc) is 2.94. The van der Waals surface area contributed by atoms with Crippen molar-refractivity contribution in [2.75, 3.05) is 45.4 Å². The van der Waals surface area contributed by atoms with Gasteiger partial charge in [-0.05, 0) is 18.8 Å². The smallest absolute Gasteiger partial charge is 0.185 e. The highest BCUT2D eigenvalue weighted by molar-refractivity contribution is 7.15. The van der Waals surface area contributed by atoms with Gasteiger partial charge in [0.25, 0.3) is 0 Å². The summed E-state index contributed by atoms with van der Waals surface area (Å²) < 4.78 is 10.4. The number of nitrogens with two attached hydrogens (primary N) is 1. The SMILES string of the molecule is CCC(C)c1nc(N(CCCOC)CCOC)sc1CN. The van der Waals surface area contributed by atoms with Gasteiger partial charge >= 0.3 is 0 Å². The highest BCUT2D eigenvalue weighted by Gasteiger charge is 2.18. The van der Waals surface area contributed by atoms with Gasteiger partial charge in [0, 0.05) is 45.3 Å². The Morgan fingerprint density at radius 1 is 1.24 bits per heavy atom. The second-order valence-corrected chi connectivity index (χ2v) is 6.21. The molecular formula is C15H29N3O2S. The van der Waals surface area contributed by atoms with Crippen molar-refractivity contribution in [3.63, 3.8) is 0 Å². The van der Waals surface area contributed by atoms with Gasteiger partial charge in [0.1, 0.15) is 0 Å². The number of aromatic nitrogens is 1. The Morgan fingerprint density at radius 2 is 1.95 bits per heavy atom. The first-order chi connectivity index (χ1) is 10.2. The maximum absolute atomic E-state index is 5.89. The number of ether oxygens (including phenoxy) is 2. The topological polar surface area (TPSA) is 60.6 Å². The summed E-state index contributed by atoms with van der Waals surface area (Å²) in [4.78, 5) is 8.33. The van der Waals surface area contributed by atoms with Gasteiger partial charge in [-0.3, -0.25) is 0 Å². The van der Waals surface area contributed by atoms with E-state index in [2.05, 4.69) is 18.7 Å². The van der Waals surface area contributed by atoms with Crippen molar-refractivity contribution in [3.8, 4) is 0 Å². The van der Waals surface area contributed by atoms with Crippen LogP contribution < -0.4 is 10.6 Å². The Balaban J connectivity index is 2.86. The third-order valence-electron chi connectivity index (χ3n) is 3.59. The van der Waals surface area contributed by atoms with E-state index in [1.165, 1.54) is 4.88 Å². The summed E-state index contributed by atoms with van der Waals surface area (Å²) in [6, 6.07) is 0. The van der Waals surface area contributed by atoms with Crippen LogP contribution in [0, 0.1) is 0 Å². The van der Waals surface area contributed by atoms with Crippen LogP contribution in [0.15, 0.2) is 0 Å². The van der Waals surface area contributed by atoms with Crippen LogP contribution in [0.4, 0.5) is 5.13 Å². The minimum Gasteiger partial charge on any atom is -0.385 e. The van der Waals surface area contributed by atoms with Gasteiger partial charge in [0.05, 0.1) is 12.3 Å². The van der Waals surface area contributed by atoms with Gasteiger partial charge in [0.2, 0.25) is 0 Å².